The van der Waals surface area contributed by atoms with Crippen LogP contribution in [-0.4, -0.2) is 74.9 Å². The van der Waals surface area contributed by atoms with Crippen LogP contribution >= 0.6 is 7.82 Å². The first-order valence-electron chi connectivity index (χ1n) is 29.8. The third-order valence-corrected chi connectivity index (χ3v) is 13.6. The van der Waals surface area contributed by atoms with Gasteiger partial charge in [-0.3, -0.25) is 18.6 Å². The second kappa shape index (κ2) is 54.0. The van der Waals surface area contributed by atoms with E-state index in [1.165, 1.54) is 122 Å². The van der Waals surface area contributed by atoms with Crippen molar-refractivity contribution in [1.82, 2.24) is 0 Å². The maximum absolute atomic E-state index is 12.8. The fraction of sp³-hybridized carbons (Fsp3) is 0.746. The fourth-order valence-electron chi connectivity index (χ4n) is 8.07. The molecule has 0 aliphatic heterocycles. The molecule has 0 aromatic rings. The molecule has 2 unspecified atom stereocenters. The quantitative estimate of drug-likeness (QED) is 0.0211. The summed E-state index contributed by atoms with van der Waals surface area (Å²) < 4.78 is 34.5. The number of carbonyl (C=O) groups excluding carboxylic acids is 2. The maximum atomic E-state index is 12.8. The first-order valence-corrected chi connectivity index (χ1v) is 31.3. The molecule has 0 rings (SSSR count). The monoisotopic (exact) mass is 1040 g/mol. The van der Waals surface area contributed by atoms with Crippen molar-refractivity contribution in [3.05, 3.63) is 85.1 Å². The molecule has 0 aromatic carbocycles. The van der Waals surface area contributed by atoms with Gasteiger partial charge in [0.1, 0.15) is 19.8 Å². The SMILES string of the molecule is CC/C=C\C/C=C\C/C=C\C/C=C\C/C=C\C/C=C\CCCCCCCCCCCCCCCCCCC(=O)OC(COC(=O)CCCCCCC/C=C\CCCCCCC)COP(=O)(O)OCC[N+](C)(C)C. The zero-order valence-corrected chi connectivity index (χ0v) is 48.7. The Morgan fingerprint density at radius 1 is 0.438 bits per heavy atom. The molecule has 73 heavy (non-hydrogen) atoms. The molecule has 0 radical (unpaired) electrons. The summed E-state index contributed by atoms with van der Waals surface area (Å²) in [6.45, 7) is 4.31. The third-order valence-electron chi connectivity index (χ3n) is 12.7. The molecule has 422 valence electrons. The van der Waals surface area contributed by atoms with Gasteiger partial charge in [-0.15, -0.1) is 0 Å². The summed E-state index contributed by atoms with van der Waals surface area (Å²) in [5.41, 5.74) is 0. The van der Waals surface area contributed by atoms with Crippen LogP contribution in [-0.2, 0) is 32.7 Å². The average molecular weight is 1040 g/mol. The van der Waals surface area contributed by atoms with Gasteiger partial charge >= 0.3 is 19.8 Å². The Morgan fingerprint density at radius 2 is 0.781 bits per heavy atom. The van der Waals surface area contributed by atoms with Crippen LogP contribution in [0.3, 0.4) is 0 Å². The molecule has 0 bridgehead atoms. The van der Waals surface area contributed by atoms with E-state index in [-0.39, 0.29) is 32.0 Å². The number of quaternary nitrogens is 1. The van der Waals surface area contributed by atoms with E-state index in [0.717, 1.165) is 96.3 Å². The van der Waals surface area contributed by atoms with E-state index in [2.05, 4.69) is 98.9 Å². The Labute approximate surface area is 450 Å². The Hall–Kier alpha value is -2.81. The smallest absolute Gasteiger partial charge is 0.462 e. The minimum absolute atomic E-state index is 0.0289. The van der Waals surface area contributed by atoms with E-state index < -0.39 is 26.5 Å². The predicted molar refractivity (Wildman–Crippen MR) is 312 cm³/mol. The van der Waals surface area contributed by atoms with Crippen LogP contribution in [0.4, 0.5) is 0 Å². The van der Waals surface area contributed by atoms with Crippen LogP contribution in [0.15, 0.2) is 85.1 Å². The maximum Gasteiger partial charge on any atom is 0.472 e. The van der Waals surface area contributed by atoms with Crippen molar-refractivity contribution in [3.63, 3.8) is 0 Å². The molecule has 2 atom stereocenters. The van der Waals surface area contributed by atoms with Crippen molar-refractivity contribution in [2.75, 3.05) is 47.5 Å². The largest absolute Gasteiger partial charge is 0.472 e. The highest BCUT2D eigenvalue weighted by atomic mass is 31.2. The van der Waals surface area contributed by atoms with Gasteiger partial charge in [0.15, 0.2) is 6.10 Å². The van der Waals surface area contributed by atoms with E-state index in [0.29, 0.717) is 17.4 Å². The second-order valence-electron chi connectivity index (χ2n) is 21.0. The normalized spacial score (nSPS) is 13.9. The molecule has 0 saturated heterocycles. The number of hydrogen-bond acceptors (Lipinski definition) is 7. The Kier molecular flexibility index (Phi) is 51.9. The van der Waals surface area contributed by atoms with Crippen molar-refractivity contribution >= 4 is 19.8 Å². The summed E-state index contributed by atoms with van der Waals surface area (Å²) in [6.07, 6.45) is 72.3. The molecular weight excluding hydrogens is 930 g/mol. The second-order valence-corrected chi connectivity index (χ2v) is 22.5. The number of phosphoric acid groups is 1. The molecule has 0 fully saturated rings. The van der Waals surface area contributed by atoms with Crippen LogP contribution in [0, 0.1) is 0 Å². The zero-order valence-electron chi connectivity index (χ0n) is 47.9. The minimum atomic E-state index is -4.39. The number of phosphoric ester groups is 1. The van der Waals surface area contributed by atoms with E-state index in [9.17, 15) is 19.0 Å². The number of esters is 2. The summed E-state index contributed by atoms with van der Waals surface area (Å²) in [5, 5.41) is 0. The minimum Gasteiger partial charge on any atom is -0.462 e. The zero-order chi connectivity index (χ0) is 53.5. The van der Waals surface area contributed by atoms with Gasteiger partial charge in [-0.2, -0.15) is 0 Å². The van der Waals surface area contributed by atoms with E-state index in [1.54, 1.807) is 0 Å². The highest BCUT2D eigenvalue weighted by Crippen LogP contribution is 2.43. The van der Waals surface area contributed by atoms with Gasteiger partial charge in [0.2, 0.25) is 0 Å². The molecule has 0 aromatic heterocycles. The van der Waals surface area contributed by atoms with Crippen molar-refractivity contribution in [2.45, 2.75) is 258 Å². The number of hydrogen-bond donors (Lipinski definition) is 1. The van der Waals surface area contributed by atoms with Crippen molar-refractivity contribution in [1.29, 1.82) is 0 Å². The highest BCUT2D eigenvalue weighted by molar-refractivity contribution is 7.47. The van der Waals surface area contributed by atoms with E-state index in [1.807, 2.05) is 21.1 Å². The van der Waals surface area contributed by atoms with Gasteiger partial charge in [0.25, 0.3) is 0 Å². The Balaban J connectivity index is 4.04. The molecule has 1 N–H and O–H groups in total. The van der Waals surface area contributed by atoms with E-state index in [4.69, 9.17) is 18.5 Å². The van der Waals surface area contributed by atoms with Gasteiger partial charge in [0.05, 0.1) is 27.7 Å². The lowest BCUT2D eigenvalue weighted by Crippen LogP contribution is -2.37. The molecule has 0 spiro atoms. The number of unbranched alkanes of at least 4 members (excludes halogenated alkanes) is 26. The summed E-state index contributed by atoms with van der Waals surface area (Å²) in [5.74, 6) is -0.804. The lowest BCUT2D eigenvalue weighted by atomic mass is 10.0. The number of ether oxygens (including phenoxy) is 2. The lowest BCUT2D eigenvalue weighted by molar-refractivity contribution is -0.870. The summed E-state index contributed by atoms with van der Waals surface area (Å²) in [4.78, 5) is 35.6. The summed E-state index contributed by atoms with van der Waals surface area (Å²) in [6, 6.07) is 0. The van der Waals surface area contributed by atoms with E-state index >= 15 is 0 Å². The highest BCUT2D eigenvalue weighted by Gasteiger charge is 2.27. The standard InChI is InChI=1S/C63H112NO8P/c1-6-8-10-12-14-16-18-20-22-23-24-25-26-27-28-29-30-31-32-33-34-35-36-37-38-39-40-41-42-44-46-48-50-52-54-56-63(66)72-61(60-71-73(67,68)70-58-57-64(3,4)5)59-69-62(65)55-53-51-49-47-45-43-21-19-17-15-13-11-9-7-2/h8,10,14,16,19-22,24-25,27-28,30-31,61H,6-7,9,11-13,15,17-18,23,26,29,32-60H2,1-5H3/p+1/b10-8-,16-14-,21-19-,22-20-,25-24-,28-27-,31-30-. The van der Waals surface area contributed by atoms with Crippen molar-refractivity contribution in [3.8, 4) is 0 Å². The van der Waals surface area contributed by atoms with Gasteiger partial charge in [0, 0.05) is 12.8 Å². The first-order chi connectivity index (χ1) is 35.5. The van der Waals surface area contributed by atoms with Crippen LogP contribution < -0.4 is 0 Å². The molecule has 0 aliphatic carbocycles. The third kappa shape index (κ3) is 58.3. The van der Waals surface area contributed by atoms with Crippen LogP contribution in [0.2, 0.25) is 0 Å². The lowest BCUT2D eigenvalue weighted by Gasteiger charge is -2.24. The average Bonchev–Trinajstić information content (AvgIpc) is 3.35. The molecule has 10 heteroatoms. The summed E-state index contributed by atoms with van der Waals surface area (Å²) in [7, 11) is 1.47. The summed E-state index contributed by atoms with van der Waals surface area (Å²) >= 11 is 0. The van der Waals surface area contributed by atoms with Gasteiger partial charge in [-0.25, -0.2) is 4.57 Å². The predicted octanol–water partition coefficient (Wildman–Crippen LogP) is 18.6. The fourth-order valence-corrected chi connectivity index (χ4v) is 8.81. The van der Waals surface area contributed by atoms with Crippen molar-refractivity contribution in [2.24, 2.45) is 0 Å². The Morgan fingerprint density at radius 3 is 1.18 bits per heavy atom. The molecule has 0 aliphatic rings. The molecule has 9 nitrogen and oxygen atoms in total. The van der Waals surface area contributed by atoms with Crippen LogP contribution in [0.5, 0.6) is 0 Å². The number of carbonyl (C=O) groups is 2. The Bertz CT molecular complexity index is 1510. The number of rotatable bonds is 54. The van der Waals surface area contributed by atoms with Crippen LogP contribution in [0.1, 0.15) is 251 Å². The van der Waals surface area contributed by atoms with Crippen LogP contribution in [0.25, 0.3) is 0 Å². The number of nitrogens with zero attached hydrogens (tertiary/aromatic N) is 1. The van der Waals surface area contributed by atoms with Gasteiger partial charge < -0.3 is 18.9 Å². The number of allylic oxidation sites excluding steroid dienone is 14. The topological polar surface area (TPSA) is 108 Å². The molecule has 0 heterocycles. The van der Waals surface area contributed by atoms with Gasteiger partial charge in [-0.05, 0) is 89.9 Å². The number of likely N-dealkylation sites (N-methyl/N-ethyl adjacent to an activating group) is 1. The molecule has 0 saturated carbocycles. The van der Waals surface area contributed by atoms with Crippen molar-refractivity contribution < 1.29 is 42.1 Å². The molecule has 0 amide bonds. The first kappa shape index (κ1) is 70.2. The van der Waals surface area contributed by atoms with Gasteiger partial charge in [-0.1, -0.05) is 234 Å². The molecular formula is C63H113NO8P+.